The maximum Gasteiger partial charge on any atom is 0.224 e. The highest BCUT2D eigenvalue weighted by atomic mass is 35.5. The van der Waals surface area contributed by atoms with Gasteiger partial charge in [0, 0.05) is 17.3 Å². The van der Waals surface area contributed by atoms with Crippen molar-refractivity contribution < 1.29 is 4.79 Å². The Kier molecular flexibility index (Phi) is 3.53. The minimum Gasteiger partial charge on any atom is -0.351 e. The van der Waals surface area contributed by atoms with Crippen LogP contribution >= 0.6 is 11.6 Å². The van der Waals surface area contributed by atoms with Crippen LogP contribution in [-0.2, 0) is 11.2 Å². The number of halogens is 1. The molecule has 108 valence electrons. The average Bonchev–Trinajstić information content (AvgIpc) is 3.12. The zero-order chi connectivity index (χ0) is 14.3. The van der Waals surface area contributed by atoms with Gasteiger partial charge in [0.15, 0.2) is 0 Å². The first kappa shape index (κ1) is 13.9. The van der Waals surface area contributed by atoms with E-state index in [2.05, 4.69) is 29.6 Å². The van der Waals surface area contributed by atoms with E-state index in [1.54, 1.807) is 0 Å². The molecular formula is C17H22ClNO. The molecule has 1 amide bonds. The number of hydrogen-bond donors (Lipinski definition) is 1. The number of rotatable bonds is 4. The topological polar surface area (TPSA) is 29.1 Å². The van der Waals surface area contributed by atoms with E-state index in [4.69, 9.17) is 11.6 Å². The molecule has 2 aliphatic carbocycles. The van der Waals surface area contributed by atoms with Gasteiger partial charge < -0.3 is 5.32 Å². The van der Waals surface area contributed by atoms with Gasteiger partial charge >= 0.3 is 0 Å². The van der Waals surface area contributed by atoms with Crippen molar-refractivity contribution in [2.24, 2.45) is 11.8 Å². The van der Waals surface area contributed by atoms with Crippen LogP contribution < -0.4 is 5.32 Å². The summed E-state index contributed by atoms with van der Waals surface area (Å²) in [6.45, 7) is 4.10. The van der Waals surface area contributed by atoms with E-state index in [-0.39, 0.29) is 17.4 Å². The van der Waals surface area contributed by atoms with Gasteiger partial charge in [0.1, 0.15) is 0 Å². The lowest BCUT2D eigenvalue weighted by molar-refractivity contribution is -0.124. The molecule has 1 aromatic rings. The lowest BCUT2D eigenvalue weighted by Gasteiger charge is -2.25. The van der Waals surface area contributed by atoms with Crippen LogP contribution in [0, 0.1) is 11.8 Å². The van der Waals surface area contributed by atoms with Crippen LogP contribution in [0.25, 0.3) is 0 Å². The summed E-state index contributed by atoms with van der Waals surface area (Å²) >= 11 is 5.80. The summed E-state index contributed by atoms with van der Waals surface area (Å²) in [5.74, 6) is 1.97. The van der Waals surface area contributed by atoms with Crippen molar-refractivity contribution in [1.82, 2.24) is 5.32 Å². The highest BCUT2D eigenvalue weighted by Gasteiger charge is 2.57. The Bertz CT molecular complexity index is 525. The van der Waals surface area contributed by atoms with Crippen LogP contribution in [0.5, 0.6) is 0 Å². The molecular weight excluding hydrogens is 270 g/mol. The van der Waals surface area contributed by atoms with Gasteiger partial charge in [-0.25, -0.2) is 0 Å². The first-order valence-corrected chi connectivity index (χ1v) is 8.03. The summed E-state index contributed by atoms with van der Waals surface area (Å²) in [4.78, 5) is 12.5. The van der Waals surface area contributed by atoms with Crippen molar-refractivity contribution in [3.05, 3.63) is 35.4 Å². The van der Waals surface area contributed by atoms with Gasteiger partial charge in [-0.2, -0.15) is 0 Å². The number of hydrogen-bond acceptors (Lipinski definition) is 1. The molecule has 1 aromatic carbocycles. The van der Waals surface area contributed by atoms with Gasteiger partial charge in [-0.1, -0.05) is 24.3 Å². The largest absolute Gasteiger partial charge is 0.351 e. The molecule has 1 N–H and O–H groups in total. The average molecular weight is 292 g/mol. The standard InChI is InChI=1S/C17H22ClNO/c1-17(2,9-10-18)19-16(20)15-13-8-7-11-5-3-4-6-12(11)14(13)15/h3-6,13-15H,7-10H2,1-2H3,(H,19,20). The molecule has 20 heavy (non-hydrogen) atoms. The van der Waals surface area contributed by atoms with Crippen molar-refractivity contribution in [2.75, 3.05) is 5.88 Å². The predicted molar refractivity (Wildman–Crippen MR) is 82.0 cm³/mol. The summed E-state index contributed by atoms with van der Waals surface area (Å²) in [6.07, 6.45) is 3.07. The highest BCUT2D eigenvalue weighted by Crippen LogP contribution is 2.59. The van der Waals surface area contributed by atoms with Gasteiger partial charge in [0.25, 0.3) is 0 Å². The molecule has 0 bridgehead atoms. The molecule has 0 aliphatic heterocycles. The molecule has 1 fully saturated rings. The van der Waals surface area contributed by atoms with Gasteiger partial charge in [-0.15, -0.1) is 11.6 Å². The fourth-order valence-corrected chi connectivity index (χ4v) is 4.11. The van der Waals surface area contributed by atoms with E-state index in [9.17, 15) is 4.79 Å². The van der Waals surface area contributed by atoms with Gasteiger partial charge in [0.05, 0.1) is 0 Å². The van der Waals surface area contributed by atoms with E-state index in [0.717, 1.165) is 19.3 Å². The van der Waals surface area contributed by atoms with E-state index in [1.165, 1.54) is 11.1 Å². The van der Waals surface area contributed by atoms with Crippen molar-refractivity contribution >= 4 is 17.5 Å². The van der Waals surface area contributed by atoms with Crippen molar-refractivity contribution in [3.63, 3.8) is 0 Å². The van der Waals surface area contributed by atoms with E-state index >= 15 is 0 Å². The number of aryl methyl sites for hydroxylation is 1. The zero-order valence-electron chi connectivity index (χ0n) is 12.2. The summed E-state index contributed by atoms with van der Waals surface area (Å²) in [5, 5.41) is 3.18. The third kappa shape index (κ3) is 2.46. The normalized spacial score (nSPS) is 27.4. The zero-order valence-corrected chi connectivity index (χ0v) is 12.9. The fraction of sp³-hybridized carbons (Fsp3) is 0.588. The Labute approximate surface area is 125 Å². The Morgan fingerprint density at radius 3 is 2.90 bits per heavy atom. The monoisotopic (exact) mass is 291 g/mol. The first-order chi connectivity index (χ1) is 9.53. The molecule has 3 heteroatoms. The smallest absolute Gasteiger partial charge is 0.224 e. The number of amides is 1. The van der Waals surface area contributed by atoms with E-state index < -0.39 is 0 Å². The predicted octanol–water partition coefficient (Wildman–Crippen LogP) is 3.49. The number of nitrogens with one attached hydrogen (secondary N) is 1. The number of benzene rings is 1. The van der Waals surface area contributed by atoms with Gasteiger partial charge in [-0.05, 0) is 56.1 Å². The Morgan fingerprint density at radius 2 is 2.15 bits per heavy atom. The van der Waals surface area contributed by atoms with E-state index in [1.807, 2.05) is 13.8 Å². The summed E-state index contributed by atoms with van der Waals surface area (Å²) in [7, 11) is 0. The van der Waals surface area contributed by atoms with Crippen molar-refractivity contribution in [3.8, 4) is 0 Å². The maximum atomic E-state index is 12.5. The lowest BCUT2D eigenvalue weighted by atomic mass is 9.92. The van der Waals surface area contributed by atoms with Crippen molar-refractivity contribution in [2.45, 2.75) is 44.6 Å². The number of alkyl halides is 1. The number of carbonyl (C=O) groups is 1. The quantitative estimate of drug-likeness (QED) is 0.846. The molecule has 0 aromatic heterocycles. The van der Waals surface area contributed by atoms with Crippen LogP contribution in [-0.4, -0.2) is 17.3 Å². The molecule has 3 atom stereocenters. The van der Waals surface area contributed by atoms with Crippen LogP contribution in [0.15, 0.2) is 24.3 Å². The lowest BCUT2D eigenvalue weighted by Crippen LogP contribution is -2.44. The number of fused-ring (bicyclic) bond motifs is 3. The fourth-order valence-electron chi connectivity index (χ4n) is 3.64. The Balaban J connectivity index is 1.71. The Morgan fingerprint density at radius 1 is 1.40 bits per heavy atom. The molecule has 3 unspecified atom stereocenters. The summed E-state index contributed by atoms with van der Waals surface area (Å²) < 4.78 is 0. The van der Waals surface area contributed by atoms with Crippen LogP contribution in [0.2, 0.25) is 0 Å². The van der Waals surface area contributed by atoms with Crippen LogP contribution in [0.4, 0.5) is 0 Å². The maximum absolute atomic E-state index is 12.5. The molecule has 0 spiro atoms. The minimum absolute atomic E-state index is 0.174. The first-order valence-electron chi connectivity index (χ1n) is 7.49. The minimum atomic E-state index is -0.204. The SMILES string of the molecule is CC(C)(CCCl)NC(=O)C1C2CCc3ccccc3C21. The third-order valence-electron chi connectivity index (χ3n) is 4.81. The third-order valence-corrected chi connectivity index (χ3v) is 5.00. The molecule has 2 aliphatic rings. The Hall–Kier alpha value is -1.02. The second-order valence-electron chi connectivity index (χ2n) is 6.77. The van der Waals surface area contributed by atoms with Crippen LogP contribution in [0.3, 0.4) is 0 Å². The number of carbonyl (C=O) groups excluding carboxylic acids is 1. The molecule has 3 rings (SSSR count). The van der Waals surface area contributed by atoms with Gasteiger partial charge in [0.2, 0.25) is 5.91 Å². The molecule has 1 saturated carbocycles. The molecule has 0 saturated heterocycles. The summed E-state index contributed by atoms with van der Waals surface area (Å²) in [5.41, 5.74) is 2.63. The molecule has 0 heterocycles. The molecule has 2 nitrogen and oxygen atoms in total. The highest BCUT2D eigenvalue weighted by molar-refractivity contribution is 6.17. The second-order valence-corrected chi connectivity index (χ2v) is 7.14. The summed E-state index contributed by atoms with van der Waals surface area (Å²) in [6, 6.07) is 8.59. The van der Waals surface area contributed by atoms with Crippen LogP contribution in [0.1, 0.15) is 43.7 Å². The molecule has 0 radical (unpaired) electrons. The second kappa shape index (κ2) is 5.07. The van der Waals surface area contributed by atoms with E-state index in [0.29, 0.717) is 17.7 Å². The van der Waals surface area contributed by atoms with Crippen molar-refractivity contribution in [1.29, 1.82) is 0 Å². The van der Waals surface area contributed by atoms with Gasteiger partial charge in [-0.3, -0.25) is 4.79 Å².